The minimum absolute atomic E-state index is 0.0462. The quantitative estimate of drug-likeness (QED) is 0.610. The average Bonchev–Trinajstić information content (AvgIpc) is 2.58. The van der Waals surface area contributed by atoms with Crippen LogP contribution in [0.4, 0.5) is 10.5 Å². The molecule has 1 heterocycles. The predicted octanol–water partition coefficient (Wildman–Crippen LogP) is 2.41. The second-order valence-electron chi connectivity index (χ2n) is 6.09. The maximum atomic E-state index is 12.4. The van der Waals surface area contributed by atoms with Crippen LogP contribution in [0.3, 0.4) is 0 Å². The van der Waals surface area contributed by atoms with Gasteiger partial charge in [-0.05, 0) is 45.2 Å². The van der Waals surface area contributed by atoms with E-state index in [4.69, 9.17) is 14.2 Å². The highest BCUT2D eigenvalue weighted by Crippen LogP contribution is 2.40. The molecule has 26 heavy (non-hydrogen) atoms. The summed E-state index contributed by atoms with van der Waals surface area (Å²) in [5, 5.41) is 9.66. The number of carboxylic acid groups (broad SMARTS) is 1. The fourth-order valence-electron chi connectivity index (χ4n) is 2.93. The third-order valence-corrected chi connectivity index (χ3v) is 3.97. The van der Waals surface area contributed by atoms with E-state index >= 15 is 0 Å². The maximum absolute atomic E-state index is 12.4. The Morgan fingerprint density at radius 2 is 1.96 bits per heavy atom. The first-order chi connectivity index (χ1) is 12.3. The van der Waals surface area contributed by atoms with Crippen molar-refractivity contribution in [2.24, 2.45) is 0 Å². The van der Waals surface area contributed by atoms with Gasteiger partial charge in [0.25, 0.3) is 5.78 Å². The van der Waals surface area contributed by atoms with Gasteiger partial charge in [-0.25, -0.2) is 9.59 Å². The van der Waals surface area contributed by atoms with Crippen LogP contribution in [0, 0.1) is 0 Å². The number of methoxy groups -OCH3 is 1. The Kier molecular flexibility index (Phi) is 6.07. The van der Waals surface area contributed by atoms with E-state index in [9.17, 15) is 19.5 Å². The van der Waals surface area contributed by atoms with Crippen molar-refractivity contribution < 1.29 is 33.7 Å². The highest BCUT2D eigenvalue weighted by atomic mass is 16.5. The molecule has 0 aliphatic carbocycles. The van der Waals surface area contributed by atoms with Crippen LogP contribution in [0.5, 0.6) is 11.5 Å². The smallest absolute Gasteiger partial charge is 0.412 e. The lowest BCUT2D eigenvalue weighted by molar-refractivity contribution is -0.154. The van der Waals surface area contributed by atoms with Gasteiger partial charge >= 0.3 is 12.1 Å². The van der Waals surface area contributed by atoms with Crippen molar-refractivity contribution in [1.29, 1.82) is 0 Å². The van der Waals surface area contributed by atoms with Crippen LogP contribution in [-0.2, 0) is 20.7 Å². The number of ketones is 1. The van der Waals surface area contributed by atoms with Gasteiger partial charge in [0.15, 0.2) is 11.5 Å². The summed E-state index contributed by atoms with van der Waals surface area (Å²) in [5.41, 5.74) is 1.01. The Hall–Kier alpha value is -2.77. The molecule has 2 rings (SSSR count). The van der Waals surface area contributed by atoms with E-state index in [0.29, 0.717) is 29.2 Å². The second-order valence-corrected chi connectivity index (χ2v) is 6.09. The molecule has 0 saturated heterocycles. The largest absolute Gasteiger partial charge is 0.493 e. The van der Waals surface area contributed by atoms with Gasteiger partial charge in [0.05, 0.1) is 25.5 Å². The van der Waals surface area contributed by atoms with Gasteiger partial charge in [0.1, 0.15) is 6.04 Å². The number of fused-ring (bicyclic) bond motifs is 1. The minimum atomic E-state index is -1.32. The van der Waals surface area contributed by atoms with Crippen LogP contribution < -0.4 is 14.4 Å². The maximum Gasteiger partial charge on any atom is 0.412 e. The molecule has 0 radical (unpaired) electrons. The standard InChI is InChI=1S/C18H23NO7/c1-5-25-17(21)16(20)12-7-6-11-8-14(24-4)15(26-10(2)3)9-13(11)19(12)18(22)23/h8-10,12H,5-7H2,1-4H3,(H,22,23). The molecule has 8 heteroatoms. The fraction of sp³-hybridized carbons (Fsp3) is 0.500. The topological polar surface area (TPSA) is 102 Å². The number of rotatable bonds is 6. The summed E-state index contributed by atoms with van der Waals surface area (Å²) in [6.45, 7) is 5.30. The Balaban J connectivity index is 2.48. The molecule has 0 spiro atoms. The number of aryl methyl sites for hydroxylation is 1. The molecular weight excluding hydrogens is 342 g/mol. The molecule has 1 aliphatic rings. The molecule has 1 N–H and O–H groups in total. The molecule has 142 valence electrons. The monoisotopic (exact) mass is 365 g/mol. The summed E-state index contributed by atoms with van der Waals surface area (Å²) in [5.74, 6) is -1.05. The summed E-state index contributed by atoms with van der Waals surface area (Å²) in [7, 11) is 1.50. The molecule has 1 aliphatic heterocycles. The van der Waals surface area contributed by atoms with Gasteiger partial charge in [0, 0.05) is 6.07 Å². The first kappa shape index (κ1) is 19.6. The van der Waals surface area contributed by atoms with E-state index in [1.165, 1.54) is 13.2 Å². The molecule has 1 aromatic carbocycles. The molecule has 0 saturated carbocycles. The Labute approximate surface area is 151 Å². The zero-order valence-corrected chi connectivity index (χ0v) is 15.3. The Morgan fingerprint density at radius 3 is 2.50 bits per heavy atom. The third kappa shape index (κ3) is 3.89. The Morgan fingerprint density at radius 1 is 1.27 bits per heavy atom. The first-order valence-corrected chi connectivity index (χ1v) is 8.40. The number of nitrogens with zero attached hydrogens (tertiary/aromatic N) is 1. The summed E-state index contributed by atoms with van der Waals surface area (Å²) in [6, 6.07) is 2.11. The lowest BCUT2D eigenvalue weighted by Crippen LogP contribution is -2.50. The van der Waals surface area contributed by atoms with Gasteiger partial charge in [-0.3, -0.25) is 9.69 Å². The average molecular weight is 365 g/mol. The summed E-state index contributed by atoms with van der Waals surface area (Å²) in [6.07, 6.45) is -0.868. The Bertz CT molecular complexity index is 714. The molecule has 1 aromatic rings. The van der Waals surface area contributed by atoms with Crippen LogP contribution in [-0.4, -0.2) is 48.8 Å². The molecule has 8 nitrogen and oxygen atoms in total. The van der Waals surface area contributed by atoms with Gasteiger partial charge in [0.2, 0.25) is 0 Å². The first-order valence-electron chi connectivity index (χ1n) is 8.40. The van der Waals surface area contributed by atoms with Crippen LogP contribution >= 0.6 is 0 Å². The van der Waals surface area contributed by atoms with E-state index < -0.39 is 23.9 Å². The number of carbonyl (C=O) groups excluding carboxylic acids is 2. The second kappa shape index (κ2) is 8.07. The SMILES string of the molecule is CCOC(=O)C(=O)C1CCc2cc(OC)c(OC(C)C)cc2N1C(=O)O. The van der Waals surface area contributed by atoms with Gasteiger partial charge in [-0.1, -0.05) is 0 Å². The molecule has 1 unspecified atom stereocenters. The predicted molar refractivity (Wildman–Crippen MR) is 93.0 cm³/mol. The number of ether oxygens (including phenoxy) is 3. The number of esters is 1. The highest BCUT2D eigenvalue weighted by molar-refractivity contribution is 6.37. The van der Waals surface area contributed by atoms with Crippen molar-refractivity contribution in [1.82, 2.24) is 0 Å². The minimum Gasteiger partial charge on any atom is -0.493 e. The lowest BCUT2D eigenvalue weighted by Gasteiger charge is -2.34. The van der Waals surface area contributed by atoms with Crippen molar-refractivity contribution in [3.8, 4) is 11.5 Å². The molecule has 0 bridgehead atoms. The number of benzene rings is 1. The zero-order valence-electron chi connectivity index (χ0n) is 15.3. The number of anilines is 1. The van der Waals surface area contributed by atoms with Crippen LogP contribution in [0.25, 0.3) is 0 Å². The number of carbonyl (C=O) groups is 3. The zero-order chi connectivity index (χ0) is 19.4. The summed E-state index contributed by atoms with van der Waals surface area (Å²) in [4.78, 5) is 36.9. The van der Waals surface area contributed by atoms with E-state index in [-0.39, 0.29) is 19.1 Å². The van der Waals surface area contributed by atoms with E-state index in [2.05, 4.69) is 0 Å². The fourth-order valence-corrected chi connectivity index (χ4v) is 2.93. The van der Waals surface area contributed by atoms with Crippen molar-refractivity contribution in [2.75, 3.05) is 18.6 Å². The van der Waals surface area contributed by atoms with Crippen molar-refractivity contribution in [2.45, 2.75) is 45.8 Å². The van der Waals surface area contributed by atoms with E-state index in [1.807, 2.05) is 13.8 Å². The van der Waals surface area contributed by atoms with Crippen LogP contribution in [0.2, 0.25) is 0 Å². The lowest BCUT2D eigenvalue weighted by atomic mass is 9.93. The van der Waals surface area contributed by atoms with Gasteiger partial charge in [-0.2, -0.15) is 0 Å². The van der Waals surface area contributed by atoms with E-state index in [0.717, 1.165) is 4.90 Å². The number of hydrogen-bond donors (Lipinski definition) is 1. The van der Waals surface area contributed by atoms with E-state index in [1.54, 1.807) is 13.0 Å². The van der Waals surface area contributed by atoms with Crippen molar-refractivity contribution >= 4 is 23.5 Å². The van der Waals surface area contributed by atoms with Crippen LogP contribution in [0.15, 0.2) is 12.1 Å². The third-order valence-electron chi connectivity index (χ3n) is 3.97. The molecular formula is C18H23NO7. The van der Waals surface area contributed by atoms with Gasteiger partial charge < -0.3 is 19.3 Å². The summed E-state index contributed by atoms with van der Waals surface area (Å²) >= 11 is 0. The summed E-state index contributed by atoms with van der Waals surface area (Å²) < 4.78 is 15.7. The number of amides is 1. The van der Waals surface area contributed by atoms with Crippen molar-refractivity contribution in [3.05, 3.63) is 17.7 Å². The number of Topliss-reactive ketones (excluding diaryl/α,β-unsaturated/α-hetero) is 1. The number of hydrogen-bond acceptors (Lipinski definition) is 6. The highest BCUT2D eigenvalue weighted by Gasteiger charge is 2.39. The molecule has 1 amide bonds. The molecule has 0 fully saturated rings. The molecule has 1 atom stereocenters. The van der Waals surface area contributed by atoms with Gasteiger partial charge in [-0.15, -0.1) is 0 Å². The van der Waals surface area contributed by atoms with Crippen molar-refractivity contribution in [3.63, 3.8) is 0 Å². The molecule has 0 aromatic heterocycles. The normalized spacial score (nSPS) is 16.0. The van der Waals surface area contributed by atoms with Crippen LogP contribution in [0.1, 0.15) is 32.8 Å².